The molecule has 7 heteroatoms. The molecule has 3 rings (SSSR count). The molecule has 2 amide bonds. The summed E-state index contributed by atoms with van der Waals surface area (Å²) < 4.78 is 18.9. The topological polar surface area (TPSA) is 53.8 Å². The van der Waals surface area contributed by atoms with E-state index >= 15 is 0 Å². The van der Waals surface area contributed by atoms with Gasteiger partial charge in [0.15, 0.2) is 0 Å². The smallest absolute Gasteiger partial charge is 0.264 e. The lowest BCUT2D eigenvalue weighted by Crippen LogP contribution is -2.45. The van der Waals surface area contributed by atoms with Crippen LogP contribution in [-0.2, 0) is 17.9 Å². The summed E-state index contributed by atoms with van der Waals surface area (Å²) in [4.78, 5) is 29.9. The number of carbonyl (C=O) groups excluding carboxylic acids is 2. The molecule has 2 heterocycles. The molecule has 0 spiro atoms. The molecule has 1 aromatic carbocycles. The Balaban J connectivity index is 1.80. The third kappa shape index (κ3) is 5.57. The van der Waals surface area contributed by atoms with E-state index in [2.05, 4.69) is 0 Å². The van der Waals surface area contributed by atoms with Crippen molar-refractivity contribution in [2.24, 2.45) is 0 Å². The number of nitrogens with zero attached hydrogens (tertiary/aromatic N) is 2. The number of rotatable bonds is 8. The molecular weight excluding hydrogens is 403 g/mol. The van der Waals surface area contributed by atoms with Gasteiger partial charge >= 0.3 is 0 Å². The zero-order valence-corrected chi connectivity index (χ0v) is 18.1. The SMILES string of the molecule is Cc1ccc(CN(Cc2ccc(F)cc2)C(=O)CN(C(=O)c2cccs2)C(C)C)o1. The van der Waals surface area contributed by atoms with Gasteiger partial charge in [-0.2, -0.15) is 0 Å². The Morgan fingerprint density at radius 1 is 1.07 bits per heavy atom. The Morgan fingerprint density at radius 3 is 2.37 bits per heavy atom. The fourth-order valence-electron chi connectivity index (χ4n) is 3.08. The van der Waals surface area contributed by atoms with Crippen LogP contribution in [0, 0.1) is 12.7 Å². The molecule has 0 aliphatic rings. The maximum absolute atomic E-state index is 13.3. The lowest BCUT2D eigenvalue weighted by atomic mass is 10.2. The first-order valence-corrected chi connectivity index (χ1v) is 10.6. The van der Waals surface area contributed by atoms with Gasteiger partial charge in [-0.15, -0.1) is 11.3 Å². The van der Waals surface area contributed by atoms with Gasteiger partial charge in [-0.3, -0.25) is 9.59 Å². The Morgan fingerprint density at radius 2 is 1.80 bits per heavy atom. The highest BCUT2D eigenvalue weighted by atomic mass is 32.1. The van der Waals surface area contributed by atoms with Gasteiger partial charge in [0.25, 0.3) is 5.91 Å². The van der Waals surface area contributed by atoms with Crippen LogP contribution in [0.2, 0.25) is 0 Å². The van der Waals surface area contributed by atoms with Crippen LogP contribution in [0.1, 0.15) is 40.6 Å². The second kappa shape index (κ2) is 9.71. The molecule has 0 radical (unpaired) electrons. The van der Waals surface area contributed by atoms with Crippen LogP contribution in [0.25, 0.3) is 0 Å². The predicted octanol–water partition coefficient (Wildman–Crippen LogP) is 4.87. The summed E-state index contributed by atoms with van der Waals surface area (Å²) in [7, 11) is 0. The first-order chi connectivity index (χ1) is 14.3. The van der Waals surface area contributed by atoms with Crippen molar-refractivity contribution in [3.63, 3.8) is 0 Å². The van der Waals surface area contributed by atoms with E-state index in [0.29, 0.717) is 10.6 Å². The Hall–Kier alpha value is -2.93. The van der Waals surface area contributed by atoms with Gasteiger partial charge in [0.1, 0.15) is 23.9 Å². The highest BCUT2D eigenvalue weighted by Crippen LogP contribution is 2.17. The second-order valence-corrected chi connectivity index (χ2v) is 8.34. The second-order valence-electron chi connectivity index (χ2n) is 7.39. The van der Waals surface area contributed by atoms with Crippen LogP contribution in [0.4, 0.5) is 4.39 Å². The van der Waals surface area contributed by atoms with Crippen molar-refractivity contribution < 1.29 is 18.4 Å². The third-order valence-electron chi connectivity index (χ3n) is 4.70. The molecule has 3 aromatic rings. The highest BCUT2D eigenvalue weighted by Gasteiger charge is 2.25. The normalized spacial score (nSPS) is 11.0. The maximum Gasteiger partial charge on any atom is 0.264 e. The molecule has 5 nitrogen and oxygen atoms in total. The van der Waals surface area contributed by atoms with E-state index in [1.54, 1.807) is 28.0 Å². The number of benzene rings is 1. The molecule has 0 fully saturated rings. The quantitative estimate of drug-likeness (QED) is 0.514. The summed E-state index contributed by atoms with van der Waals surface area (Å²) in [6, 6.07) is 13.2. The van der Waals surface area contributed by atoms with Crippen molar-refractivity contribution in [3.05, 3.63) is 81.7 Å². The van der Waals surface area contributed by atoms with E-state index in [1.807, 2.05) is 44.4 Å². The van der Waals surface area contributed by atoms with Crippen LogP contribution in [0.3, 0.4) is 0 Å². The van der Waals surface area contributed by atoms with E-state index in [-0.39, 0.29) is 43.3 Å². The molecule has 0 bridgehead atoms. The molecule has 0 aliphatic carbocycles. The minimum absolute atomic E-state index is 0.0463. The molecule has 0 aliphatic heterocycles. The van der Waals surface area contributed by atoms with Crippen molar-refractivity contribution >= 4 is 23.2 Å². The summed E-state index contributed by atoms with van der Waals surface area (Å²) in [5, 5.41) is 1.84. The number of amides is 2. The number of hydrogen-bond acceptors (Lipinski definition) is 4. The zero-order valence-electron chi connectivity index (χ0n) is 17.3. The van der Waals surface area contributed by atoms with Gasteiger partial charge in [-0.25, -0.2) is 4.39 Å². The van der Waals surface area contributed by atoms with E-state index in [0.717, 1.165) is 11.3 Å². The van der Waals surface area contributed by atoms with Gasteiger partial charge in [0, 0.05) is 12.6 Å². The number of furan rings is 1. The van der Waals surface area contributed by atoms with Crippen LogP contribution >= 0.6 is 11.3 Å². The molecule has 0 unspecified atom stereocenters. The number of carbonyl (C=O) groups is 2. The maximum atomic E-state index is 13.3. The fourth-order valence-corrected chi connectivity index (χ4v) is 3.76. The number of halogens is 1. The Labute approximate surface area is 179 Å². The van der Waals surface area contributed by atoms with Crippen molar-refractivity contribution in [3.8, 4) is 0 Å². The van der Waals surface area contributed by atoms with E-state index in [9.17, 15) is 14.0 Å². The van der Waals surface area contributed by atoms with Crippen LogP contribution in [-0.4, -0.2) is 34.2 Å². The van der Waals surface area contributed by atoms with Gasteiger partial charge in [0.2, 0.25) is 5.91 Å². The Bertz CT molecular complexity index is 980. The predicted molar refractivity (Wildman–Crippen MR) is 115 cm³/mol. The molecule has 2 aromatic heterocycles. The van der Waals surface area contributed by atoms with Crippen LogP contribution in [0.5, 0.6) is 0 Å². The monoisotopic (exact) mass is 428 g/mol. The van der Waals surface area contributed by atoms with E-state index in [4.69, 9.17) is 4.42 Å². The van der Waals surface area contributed by atoms with Crippen LogP contribution < -0.4 is 0 Å². The lowest BCUT2D eigenvalue weighted by Gasteiger charge is -2.29. The average Bonchev–Trinajstić information content (AvgIpc) is 3.38. The summed E-state index contributed by atoms with van der Waals surface area (Å²) in [6.45, 7) is 6.13. The standard InChI is InChI=1S/C23H25FN2O3S/c1-16(2)26(23(28)21-5-4-12-30-21)15-22(27)25(14-20-11-6-17(3)29-20)13-18-7-9-19(24)10-8-18/h4-12,16H,13-15H2,1-3H3. The molecule has 0 saturated heterocycles. The summed E-state index contributed by atoms with van der Waals surface area (Å²) in [5.74, 6) is 0.723. The molecule has 0 N–H and O–H groups in total. The molecular formula is C23H25FN2O3S. The van der Waals surface area contributed by atoms with Gasteiger partial charge < -0.3 is 14.2 Å². The van der Waals surface area contributed by atoms with E-state index < -0.39 is 0 Å². The van der Waals surface area contributed by atoms with Gasteiger partial charge in [-0.05, 0) is 62.0 Å². The van der Waals surface area contributed by atoms with Crippen molar-refractivity contribution in [1.29, 1.82) is 0 Å². The summed E-state index contributed by atoms with van der Waals surface area (Å²) >= 11 is 1.35. The summed E-state index contributed by atoms with van der Waals surface area (Å²) in [6.07, 6.45) is 0. The lowest BCUT2D eigenvalue weighted by molar-refractivity contribution is -0.133. The van der Waals surface area contributed by atoms with Gasteiger partial charge in [0.05, 0.1) is 11.4 Å². The first-order valence-electron chi connectivity index (χ1n) is 9.75. The molecule has 30 heavy (non-hydrogen) atoms. The molecule has 0 atom stereocenters. The number of aryl methyl sites for hydroxylation is 1. The fraction of sp³-hybridized carbons (Fsp3) is 0.304. The number of thiophene rings is 1. The van der Waals surface area contributed by atoms with Crippen molar-refractivity contribution in [1.82, 2.24) is 9.80 Å². The highest BCUT2D eigenvalue weighted by molar-refractivity contribution is 7.12. The van der Waals surface area contributed by atoms with Gasteiger partial charge in [-0.1, -0.05) is 18.2 Å². The van der Waals surface area contributed by atoms with Crippen molar-refractivity contribution in [2.45, 2.75) is 39.9 Å². The average molecular weight is 429 g/mol. The molecule has 0 saturated carbocycles. The van der Waals surface area contributed by atoms with E-state index in [1.165, 1.54) is 23.5 Å². The zero-order chi connectivity index (χ0) is 21.7. The minimum Gasteiger partial charge on any atom is -0.464 e. The molecule has 158 valence electrons. The van der Waals surface area contributed by atoms with Crippen LogP contribution in [0.15, 0.2) is 58.3 Å². The third-order valence-corrected chi connectivity index (χ3v) is 5.56. The van der Waals surface area contributed by atoms with Crippen molar-refractivity contribution in [2.75, 3.05) is 6.54 Å². The largest absolute Gasteiger partial charge is 0.464 e. The minimum atomic E-state index is -0.328. The Kier molecular flexibility index (Phi) is 7.05. The number of hydrogen-bond donors (Lipinski definition) is 0. The summed E-state index contributed by atoms with van der Waals surface area (Å²) in [5.41, 5.74) is 0.800. The first kappa shape index (κ1) is 21.8.